The quantitative estimate of drug-likeness (QED) is 0.530. The van der Waals surface area contributed by atoms with Crippen LogP contribution < -0.4 is 20.3 Å². The van der Waals surface area contributed by atoms with Gasteiger partial charge in [0.1, 0.15) is 5.75 Å². The lowest BCUT2D eigenvalue weighted by Gasteiger charge is -2.12. The largest absolute Gasteiger partial charge is 0.494 e. The second-order valence-corrected chi connectivity index (χ2v) is 8.89. The zero-order valence-electron chi connectivity index (χ0n) is 16.9. The minimum atomic E-state index is -3.98. The number of halogens is 1. The van der Waals surface area contributed by atoms with Crippen LogP contribution in [0.4, 0.5) is 5.69 Å². The molecule has 30 heavy (non-hydrogen) atoms. The first kappa shape index (κ1) is 23.5. The van der Waals surface area contributed by atoms with Crippen LogP contribution in [0.15, 0.2) is 47.4 Å². The SMILES string of the molecule is CCOc1ccc(NS(=O)(=O)c2ccc(Cl)c(C(=O)NNC(=O)CC(C)C)c2)cc1. The Balaban J connectivity index is 2.15. The number of anilines is 1. The van der Waals surface area contributed by atoms with E-state index in [9.17, 15) is 18.0 Å². The van der Waals surface area contributed by atoms with Gasteiger partial charge in [-0.3, -0.25) is 25.2 Å². The van der Waals surface area contributed by atoms with E-state index >= 15 is 0 Å². The molecule has 0 saturated heterocycles. The van der Waals surface area contributed by atoms with Crippen molar-refractivity contribution in [1.29, 1.82) is 0 Å². The highest BCUT2D eigenvalue weighted by Gasteiger charge is 2.19. The number of hydrogen-bond acceptors (Lipinski definition) is 5. The average molecular weight is 454 g/mol. The Kier molecular flexibility index (Phi) is 8.08. The first-order valence-corrected chi connectivity index (χ1v) is 11.1. The number of benzene rings is 2. The zero-order valence-corrected chi connectivity index (χ0v) is 18.4. The molecule has 0 unspecified atom stereocenters. The number of hydrazine groups is 1. The molecule has 0 aliphatic carbocycles. The van der Waals surface area contributed by atoms with E-state index in [-0.39, 0.29) is 33.7 Å². The van der Waals surface area contributed by atoms with Gasteiger partial charge in [0, 0.05) is 12.1 Å². The molecule has 0 radical (unpaired) electrons. The smallest absolute Gasteiger partial charge is 0.271 e. The Labute approximate surface area is 181 Å². The van der Waals surface area contributed by atoms with Crippen LogP contribution in [-0.2, 0) is 14.8 Å². The molecule has 10 heteroatoms. The third-order valence-electron chi connectivity index (χ3n) is 3.82. The summed E-state index contributed by atoms with van der Waals surface area (Å²) in [5.41, 5.74) is 4.77. The number of nitrogens with one attached hydrogen (secondary N) is 3. The number of hydrogen-bond donors (Lipinski definition) is 3. The summed E-state index contributed by atoms with van der Waals surface area (Å²) in [4.78, 5) is 23.9. The van der Waals surface area contributed by atoms with E-state index in [1.807, 2.05) is 20.8 Å². The van der Waals surface area contributed by atoms with E-state index in [2.05, 4.69) is 15.6 Å². The molecule has 0 aromatic heterocycles. The summed E-state index contributed by atoms with van der Waals surface area (Å²) in [5, 5.41) is 0.0469. The average Bonchev–Trinajstić information content (AvgIpc) is 2.67. The lowest BCUT2D eigenvalue weighted by atomic mass is 10.1. The number of carbonyl (C=O) groups excluding carboxylic acids is 2. The number of ether oxygens (including phenoxy) is 1. The van der Waals surface area contributed by atoms with Crippen molar-refractivity contribution in [3.63, 3.8) is 0 Å². The van der Waals surface area contributed by atoms with Crippen molar-refractivity contribution in [2.75, 3.05) is 11.3 Å². The van der Waals surface area contributed by atoms with Crippen molar-refractivity contribution >= 4 is 39.1 Å². The first-order valence-electron chi connectivity index (χ1n) is 9.26. The highest BCUT2D eigenvalue weighted by molar-refractivity contribution is 7.92. The molecule has 2 aromatic carbocycles. The molecule has 3 N–H and O–H groups in total. The van der Waals surface area contributed by atoms with Gasteiger partial charge < -0.3 is 4.74 Å². The normalized spacial score (nSPS) is 11.1. The molecule has 0 spiro atoms. The third kappa shape index (κ3) is 6.64. The fourth-order valence-corrected chi connectivity index (χ4v) is 3.75. The molecular formula is C20H24ClN3O5S. The van der Waals surface area contributed by atoms with Crippen molar-refractivity contribution in [2.24, 2.45) is 5.92 Å². The second-order valence-electron chi connectivity index (χ2n) is 6.80. The van der Waals surface area contributed by atoms with Crippen molar-refractivity contribution in [1.82, 2.24) is 10.9 Å². The van der Waals surface area contributed by atoms with Gasteiger partial charge in [-0.05, 0) is 55.3 Å². The van der Waals surface area contributed by atoms with Gasteiger partial charge in [0.15, 0.2) is 0 Å². The monoisotopic (exact) mass is 453 g/mol. The number of amides is 2. The number of rotatable bonds is 8. The molecule has 0 fully saturated rings. The van der Waals surface area contributed by atoms with Gasteiger partial charge in [-0.1, -0.05) is 25.4 Å². The summed E-state index contributed by atoms with van der Waals surface area (Å²) >= 11 is 6.05. The van der Waals surface area contributed by atoms with Crippen LogP contribution in [0.25, 0.3) is 0 Å². The van der Waals surface area contributed by atoms with Crippen molar-refractivity contribution in [3.8, 4) is 5.75 Å². The van der Waals surface area contributed by atoms with Gasteiger partial charge in [0.25, 0.3) is 15.9 Å². The predicted octanol–water partition coefficient (Wildman–Crippen LogP) is 3.35. The van der Waals surface area contributed by atoms with Gasteiger partial charge in [-0.25, -0.2) is 8.42 Å². The first-order chi connectivity index (χ1) is 14.1. The van der Waals surface area contributed by atoms with Gasteiger partial charge in [-0.15, -0.1) is 0 Å². The van der Waals surface area contributed by atoms with Crippen LogP contribution >= 0.6 is 11.6 Å². The minimum Gasteiger partial charge on any atom is -0.494 e. The van der Waals surface area contributed by atoms with Gasteiger partial charge in [-0.2, -0.15) is 0 Å². The molecule has 0 heterocycles. The van der Waals surface area contributed by atoms with E-state index in [1.54, 1.807) is 24.3 Å². The molecule has 2 aromatic rings. The Hall–Kier alpha value is -2.78. The van der Waals surface area contributed by atoms with E-state index in [0.29, 0.717) is 18.0 Å². The molecule has 0 aliphatic heterocycles. The fraction of sp³-hybridized carbons (Fsp3) is 0.300. The second kappa shape index (κ2) is 10.3. The van der Waals surface area contributed by atoms with Crippen LogP contribution in [0, 0.1) is 5.92 Å². The van der Waals surface area contributed by atoms with E-state index < -0.39 is 15.9 Å². The van der Waals surface area contributed by atoms with Crippen LogP contribution in [0.1, 0.15) is 37.6 Å². The van der Waals surface area contributed by atoms with E-state index in [0.717, 1.165) is 6.07 Å². The van der Waals surface area contributed by atoms with Crippen LogP contribution in [0.2, 0.25) is 5.02 Å². The van der Waals surface area contributed by atoms with Crippen LogP contribution in [0.3, 0.4) is 0 Å². The van der Waals surface area contributed by atoms with Gasteiger partial charge in [0.05, 0.1) is 22.1 Å². The molecular weight excluding hydrogens is 430 g/mol. The Bertz CT molecular complexity index is 1010. The molecule has 0 saturated carbocycles. The van der Waals surface area contributed by atoms with Crippen LogP contribution in [-0.4, -0.2) is 26.8 Å². The summed E-state index contributed by atoms with van der Waals surface area (Å²) in [5.74, 6) is -0.358. The molecule has 8 nitrogen and oxygen atoms in total. The summed E-state index contributed by atoms with van der Waals surface area (Å²) in [6.45, 7) is 6.08. The maximum atomic E-state index is 12.7. The number of carbonyl (C=O) groups is 2. The van der Waals surface area contributed by atoms with E-state index in [1.165, 1.54) is 12.1 Å². The molecule has 0 bridgehead atoms. The lowest BCUT2D eigenvalue weighted by molar-refractivity contribution is -0.122. The van der Waals surface area contributed by atoms with Crippen molar-refractivity contribution in [2.45, 2.75) is 32.1 Å². The molecule has 2 rings (SSSR count). The summed E-state index contributed by atoms with van der Waals surface area (Å²) in [6.07, 6.45) is 0.231. The van der Waals surface area contributed by atoms with E-state index in [4.69, 9.17) is 16.3 Å². The Morgan fingerprint density at radius 3 is 2.33 bits per heavy atom. The summed E-state index contributed by atoms with van der Waals surface area (Å²) in [7, 11) is -3.98. The zero-order chi connectivity index (χ0) is 22.3. The van der Waals surface area contributed by atoms with Gasteiger partial charge >= 0.3 is 0 Å². The topological polar surface area (TPSA) is 114 Å². The van der Waals surface area contributed by atoms with Crippen molar-refractivity contribution in [3.05, 3.63) is 53.1 Å². The fourth-order valence-electron chi connectivity index (χ4n) is 2.46. The maximum absolute atomic E-state index is 12.7. The molecule has 0 aliphatic rings. The Morgan fingerprint density at radius 1 is 1.07 bits per heavy atom. The number of sulfonamides is 1. The summed E-state index contributed by atoms with van der Waals surface area (Å²) < 4.78 is 33.2. The highest BCUT2D eigenvalue weighted by atomic mass is 35.5. The minimum absolute atomic E-state index is 0.0469. The van der Waals surface area contributed by atoms with Crippen LogP contribution in [0.5, 0.6) is 5.75 Å². The highest BCUT2D eigenvalue weighted by Crippen LogP contribution is 2.23. The third-order valence-corrected chi connectivity index (χ3v) is 5.53. The lowest BCUT2D eigenvalue weighted by Crippen LogP contribution is -2.42. The molecule has 162 valence electrons. The molecule has 0 atom stereocenters. The summed E-state index contributed by atoms with van der Waals surface area (Å²) in [6, 6.07) is 10.1. The van der Waals surface area contributed by atoms with Crippen molar-refractivity contribution < 1.29 is 22.7 Å². The predicted molar refractivity (Wildman–Crippen MR) is 115 cm³/mol. The Morgan fingerprint density at radius 2 is 1.73 bits per heavy atom. The standard InChI is InChI=1S/C20H24ClN3O5S/c1-4-29-15-7-5-14(6-8-15)24-30(27,28)16-9-10-18(21)17(12-16)20(26)23-22-19(25)11-13(2)3/h5-10,12-13,24H,4,11H2,1-3H3,(H,22,25)(H,23,26). The maximum Gasteiger partial charge on any atom is 0.271 e. The van der Waals surface area contributed by atoms with Gasteiger partial charge in [0.2, 0.25) is 5.91 Å². The molecule has 2 amide bonds.